The molecule has 112 valence electrons. The van der Waals surface area contributed by atoms with Gasteiger partial charge in [0.1, 0.15) is 0 Å². The third-order valence-electron chi connectivity index (χ3n) is 4.14. The fraction of sp³-hybridized carbons (Fsp3) is 0.938. The van der Waals surface area contributed by atoms with Crippen molar-refractivity contribution >= 4 is 5.91 Å². The number of amides is 1. The topological polar surface area (TPSA) is 32.3 Å². The van der Waals surface area contributed by atoms with E-state index in [-0.39, 0.29) is 11.9 Å². The molecule has 0 aromatic rings. The Balaban J connectivity index is 2.45. The molecule has 1 aliphatic rings. The molecule has 3 atom stereocenters. The van der Waals surface area contributed by atoms with Crippen molar-refractivity contribution < 1.29 is 4.79 Å². The van der Waals surface area contributed by atoms with Crippen molar-refractivity contribution in [1.29, 1.82) is 0 Å². The molecule has 19 heavy (non-hydrogen) atoms. The highest BCUT2D eigenvalue weighted by molar-refractivity contribution is 5.81. The molecule has 1 aliphatic carbocycles. The zero-order valence-electron chi connectivity index (χ0n) is 13.4. The summed E-state index contributed by atoms with van der Waals surface area (Å²) in [6.45, 7) is 7.71. The second-order valence-corrected chi connectivity index (χ2v) is 6.96. The SMILES string of the molecule is CC(C)CC(NCC1CCCC(C)C1)C(=O)N(C)C. The molecule has 3 nitrogen and oxygen atoms in total. The maximum Gasteiger partial charge on any atom is 0.239 e. The minimum Gasteiger partial charge on any atom is -0.347 e. The summed E-state index contributed by atoms with van der Waals surface area (Å²) in [6.07, 6.45) is 6.30. The van der Waals surface area contributed by atoms with Crippen LogP contribution < -0.4 is 5.32 Å². The van der Waals surface area contributed by atoms with Gasteiger partial charge in [0.05, 0.1) is 6.04 Å². The van der Waals surface area contributed by atoms with Gasteiger partial charge in [-0.05, 0) is 43.6 Å². The van der Waals surface area contributed by atoms with E-state index in [0.29, 0.717) is 5.92 Å². The van der Waals surface area contributed by atoms with Crippen LogP contribution in [0.4, 0.5) is 0 Å². The Labute approximate surface area is 119 Å². The molecule has 0 spiro atoms. The Morgan fingerprint density at radius 1 is 1.32 bits per heavy atom. The summed E-state index contributed by atoms with van der Waals surface area (Å²) in [5, 5.41) is 3.53. The van der Waals surface area contributed by atoms with Gasteiger partial charge in [-0.3, -0.25) is 4.79 Å². The van der Waals surface area contributed by atoms with Crippen molar-refractivity contribution in [2.45, 2.75) is 58.9 Å². The van der Waals surface area contributed by atoms with Gasteiger partial charge in [0, 0.05) is 14.1 Å². The zero-order chi connectivity index (χ0) is 14.4. The number of hydrogen-bond donors (Lipinski definition) is 1. The van der Waals surface area contributed by atoms with E-state index in [0.717, 1.165) is 24.8 Å². The summed E-state index contributed by atoms with van der Waals surface area (Å²) in [5.74, 6) is 2.38. The Morgan fingerprint density at radius 3 is 2.53 bits per heavy atom. The average molecular weight is 268 g/mol. The number of nitrogens with one attached hydrogen (secondary N) is 1. The second-order valence-electron chi connectivity index (χ2n) is 6.96. The zero-order valence-corrected chi connectivity index (χ0v) is 13.4. The molecule has 1 saturated carbocycles. The standard InChI is InChI=1S/C16H32N2O/c1-12(2)9-15(16(19)18(4)5)17-11-14-8-6-7-13(3)10-14/h12-15,17H,6-11H2,1-5H3. The van der Waals surface area contributed by atoms with Gasteiger partial charge < -0.3 is 10.2 Å². The van der Waals surface area contributed by atoms with Crippen molar-refractivity contribution in [2.75, 3.05) is 20.6 Å². The van der Waals surface area contributed by atoms with Crippen LogP contribution in [-0.4, -0.2) is 37.5 Å². The number of likely N-dealkylation sites (N-methyl/N-ethyl adjacent to an activating group) is 1. The molecule has 0 aromatic carbocycles. The molecule has 3 heteroatoms. The van der Waals surface area contributed by atoms with E-state index in [2.05, 4.69) is 26.1 Å². The molecular formula is C16H32N2O. The molecule has 1 N–H and O–H groups in total. The van der Waals surface area contributed by atoms with Gasteiger partial charge in [0.15, 0.2) is 0 Å². The highest BCUT2D eigenvalue weighted by Crippen LogP contribution is 2.28. The fourth-order valence-corrected chi connectivity index (χ4v) is 3.11. The lowest BCUT2D eigenvalue weighted by Gasteiger charge is -2.30. The number of carbonyl (C=O) groups excluding carboxylic acids is 1. The van der Waals surface area contributed by atoms with Gasteiger partial charge in [0.2, 0.25) is 5.91 Å². The van der Waals surface area contributed by atoms with Crippen molar-refractivity contribution in [2.24, 2.45) is 17.8 Å². The van der Waals surface area contributed by atoms with Crippen LogP contribution in [0.15, 0.2) is 0 Å². The quantitative estimate of drug-likeness (QED) is 0.803. The van der Waals surface area contributed by atoms with Gasteiger partial charge in [0.25, 0.3) is 0 Å². The Morgan fingerprint density at radius 2 is 2.00 bits per heavy atom. The van der Waals surface area contributed by atoms with Crippen molar-refractivity contribution in [3.05, 3.63) is 0 Å². The van der Waals surface area contributed by atoms with Crippen LogP contribution >= 0.6 is 0 Å². The first-order chi connectivity index (χ1) is 8.90. The van der Waals surface area contributed by atoms with E-state index in [1.165, 1.54) is 25.7 Å². The molecule has 1 amide bonds. The van der Waals surface area contributed by atoms with Crippen LogP contribution in [0.25, 0.3) is 0 Å². The lowest BCUT2D eigenvalue weighted by Crippen LogP contribution is -2.46. The van der Waals surface area contributed by atoms with Crippen LogP contribution in [-0.2, 0) is 4.79 Å². The van der Waals surface area contributed by atoms with Gasteiger partial charge in [-0.2, -0.15) is 0 Å². The molecule has 1 rings (SSSR count). The molecule has 0 aromatic heterocycles. The summed E-state index contributed by atoms with van der Waals surface area (Å²) < 4.78 is 0. The molecular weight excluding hydrogens is 236 g/mol. The smallest absolute Gasteiger partial charge is 0.239 e. The Bertz CT molecular complexity index is 276. The van der Waals surface area contributed by atoms with E-state index in [1.54, 1.807) is 4.90 Å². The normalized spacial score (nSPS) is 25.4. The van der Waals surface area contributed by atoms with E-state index in [4.69, 9.17) is 0 Å². The summed E-state index contributed by atoms with van der Waals surface area (Å²) in [7, 11) is 3.69. The van der Waals surface area contributed by atoms with E-state index in [1.807, 2.05) is 14.1 Å². The van der Waals surface area contributed by atoms with Gasteiger partial charge >= 0.3 is 0 Å². The third kappa shape index (κ3) is 5.94. The van der Waals surface area contributed by atoms with Gasteiger partial charge in [-0.25, -0.2) is 0 Å². The molecule has 0 heterocycles. The largest absolute Gasteiger partial charge is 0.347 e. The molecule has 0 radical (unpaired) electrons. The Kier molecular flexibility index (Phi) is 6.84. The van der Waals surface area contributed by atoms with E-state index < -0.39 is 0 Å². The molecule has 0 bridgehead atoms. The average Bonchev–Trinajstić information content (AvgIpc) is 2.33. The number of carbonyl (C=O) groups is 1. The number of nitrogens with zero attached hydrogens (tertiary/aromatic N) is 1. The monoisotopic (exact) mass is 268 g/mol. The van der Waals surface area contributed by atoms with Crippen molar-refractivity contribution in [3.8, 4) is 0 Å². The van der Waals surface area contributed by atoms with Crippen LogP contribution in [0.1, 0.15) is 52.9 Å². The number of rotatable bonds is 6. The molecule has 3 unspecified atom stereocenters. The second kappa shape index (κ2) is 7.88. The predicted molar refractivity (Wildman–Crippen MR) is 81.1 cm³/mol. The lowest BCUT2D eigenvalue weighted by atomic mass is 9.82. The van der Waals surface area contributed by atoms with Crippen molar-refractivity contribution in [1.82, 2.24) is 10.2 Å². The van der Waals surface area contributed by atoms with Crippen LogP contribution in [0.2, 0.25) is 0 Å². The third-order valence-corrected chi connectivity index (χ3v) is 4.14. The Hall–Kier alpha value is -0.570. The van der Waals surface area contributed by atoms with Gasteiger partial charge in [-0.15, -0.1) is 0 Å². The number of hydrogen-bond acceptors (Lipinski definition) is 2. The lowest BCUT2D eigenvalue weighted by molar-refractivity contribution is -0.131. The van der Waals surface area contributed by atoms with E-state index in [9.17, 15) is 4.79 Å². The minimum absolute atomic E-state index is 0.00719. The molecule has 1 fully saturated rings. The van der Waals surface area contributed by atoms with Crippen LogP contribution in [0, 0.1) is 17.8 Å². The first-order valence-electron chi connectivity index (χ1n) is 7.84. The van der Waals surface area contributed by atoms with Crippen LogP contribution in [0.3, 0.4) is 0 Å². The van der Waals surface area contributed by atoms with Crippen LogP contribution in [0.5, 0.6) is 0 Å². The highest BCUT2D eigenvalue weighted by Gasteiger charge is 2.24. The predicted octanol–water partition coefficient (Wildman–Crippen LogP) is 2.91. The maximum absolute atomic E-state index is 12.2. The summed E-state index contributed by atoms with van der Waals surface area (Å²) in [4.78, 5) is 13.9. The minimum atomic E-state index is -0.00719. The van der Waals surface area contributed by atoms with Gasteiger partial charge in [-0.1, -0.05) is 33.6 Å². The fourth-order valence-electron chi connectivity index (χ4n) is 3.11. The van der Waals surface area contributed by atoms with Crippen molar-refractivity contribution in [3.63, 3.8) is 0 Å². The summed E-state index contributed by atoms with van der Waals surface area (Å²) in [6, 6.07) is -0.00719. The first kappa shape index (κ1) is 16.5. The van der Waals surface area contributed by atoms with E-state index >= 15 is 0 Å². The molecule has 0 saturated heterocycles. The molecule has 0 aliphatic heterocycles. The maximum atomic E-state index is 12.2. The summed E-state index contributed by atoms with van der Waals surface area (Å²) in [5.41, 5.74) is 0. The first-order valence-corrected chi connectivity index (χ1v) is 7.84. The summed E-state index contributed by atoms with van der Waals surface area (Å²) >= 11 is 0. The highest BCUT2D eigenvalue weighted by atomic mass is 16.2.